The summed E-state index contributed by atoms with van der Waals surface area (Å²) in [6.45, 7) is 6.24. The number of rotatable bonds is 14. The summed E-state index contributed by atoms with van der Waals surface area (Å²) in [4.78, 5) is 54.5. The Hall–Kier alpha value is -5.12. The summed E-state index contributed by atoms with van der Waals surface area (Å²) in [5.74, 6) is -1.78. The highest BCUT2D eigenvalue weighted by atomic mass is 16.5. The summed E-state index contributed by atoms with van der Waals surface area (Å²) < 4.78 is 10.4. The Morgan fingerprint density at radius 2 is 1.81 bits per heavy atom. The number of amides is 1. The molecule has 0 unspecified atom stereocenters. The number of hydrogen-bond acceptors (Lipinski definition) is 8. The van der Waals surface area contributed by atoms with Crippen molar-refractivity contribution < 1.29 is 33.8 Å². The van der Waals surface area contributed by atoms with E-state index in [1.165, 1.54) is 25.3 Å². The van der Waals surface area contributed by atoms with Gasteiger partial charge in [-0.15, -0.1) is 0 Å². The predicted molar refractivity (Wildman–Crippen MR) is 161 cm³/mol. The van der Waals surface area contributed by atoms with Gasteiger partial charge in [0.15, 0.2) is 11.5 Å². The van der Waals surface area contributed by atoms with Gasteiger partial charge in [0.25, 0.3) is 5.91 Å². The number of hydrogen-bond donors (Lipinski definition) is 3. The van der Waals surface area contributed by atoms with Gasteiger partial charge in [-0.25, -0.2) is 9.78 Å². The average Bonchev–Trinajstić information content (AvgIpc) is 3.84. The maximum absolute atomic E-state index is 13.7. The smallest absolute Gasteiger partial charge is 0.355 e. The fourth-order valence-electron chi connectivity index (χ4n) is 4.56. The van der Waals surface area contributed by atoms with Crippen LogP contribution in [0, 0.1) is 11.3 Å². The molecule has 1 aliphatic rings. The lowest BCUT2D eigenvalue weighted by Gasteiger charge is -2.16. The van der Waals surface area contributed by atoms with Gasteiger partial charge >= 0.3 is 11.9 Å². The molecule has 0 radical (unpaired) electrons. The van der Waals surface area contributed by atoms with Gasteiger partial charge in [0.05, 0.1) is 20.1 Å². The molecule has 1 heterocycles. The maximum Gasteiger partial charge on any atom is 0.355 e. The summed E-state index contributed by atoms with van der Waals surface area (Å²) in [5.41, 5.74) is 2.09. The van der Waals surface area contributed by atoms with Crippen molar-refractivity contribution in [2.45, 2.75) is 32.6 Å². The fourth-order valence-corrected chi connectivity index (χ4v) is 4.56. The number of carbonyl (C=O) groups is 4. The Morgan fingerprint density at radius 1 is 1.09 bits per heavy atom. The molecule has 43 heavy (non-hydrogen) atoms. The second kappa shape index (κ2) is 13.7. The molecule has 4 rings (SSSR count). The number of Topliss-reactive ketones (excluding diaryl/α,β-unsaturated/α-hetero) is 1. The van der Waals surface area contributed by atoms with Crippen LogP contribution in [0.25, 0.3) is 17.2 Å². The van der Waals surface area contributed by atoms with Gasteiger partial charge in [-0.3, -0.25) is 14.4 Å². The molecule has 0 aliphatic heterocycles. The summed E-state index contributed by atoms with van der Waals surface area (Å²) in [7, 11) is 1.46. The summed E-state index contributed by atoms with van der Waals surface area (Å²) in [6, 6.07) is 12.8. The molecule has 222 valence electrons. The Kier molecular flexibility index (Phi) is 9.82. The zero-order valence-electron chi connectivity index (χ0n) is 24.1. The molecule has 0 atom stereocenters. The van der Waals surface area contributed by atoms with Gasteiger partial charge in [0.1, 0.15) is 11.4 Å². The van der Waals surface area contributed by atoms with E-state index < -0.39 is 17.8 Å². The van der Waals surface area contributed by atoms with Crippen LogP contribution < -0.4 is 10.1 Å². The average molecular weight is 584 g/mol. The quantitative estimate of drug-likeness (QED) is 0.136. The van der Waals surface area contributed by atoms with Gasteiger partial charge in [0, 0.05) is 35.4 Å². The summed E-state index contributed by atoms with van der Waals surface area (Å²) in [6.07, 6.45) is 3.45. The summed E-state index contributed by atoms with van der Waals surface area (Å²) >= 11 is 0. The highest BCUT2D eigenvalue weighted by Crippen LogP contribution is 2.35. The van der Waals surface area contributed by atoms with Crippen LogP contribution in [0.3, 0.4) is 0 Å². The second-order valence-electron chi connectivity index (χ2n) is 10.2. The maximum atomic E-state index is 13.7. The Balaban J connectivity index is 1.66. The van der Waals surface area contributed by atoms with Gasteiger partial charge in [-0.2, -0.15) is 0 Å². The van der Waals surface area contributed by atoms with E-state index in [-0.39, 0.29) is 59.0 Å². The normalized spacial score (nSPS) is 12.2. The van der Waals surface area contributed by atoms with E-state index in [2.05, 4.69) is 16.9 Å². The van der Waals surface area contributed by atoms with Crippen molar-refractivity contribution in [1.29, 1.82) is 5.41 Å². The van der Waals surface area contributed by atoms with Crippen molar-refractivity contribution >= 4 is 35.4 Å². The van der Waals surface area contributed by atoms with Crippen LogP contribution in [0.2, 0.25) is 0 Å². The number of ether oxygens (including phenoxy) is 2. The van der Waals surface area contributed by atoms with Crippen molar-refractivity contribution in [3.05, 3.63) is 88.8 Å². The molecular formula is C33H33N3O7. The minimum atomic E-state index is -1.35. The van der Waals surface area contributed by atoms with Crippen LogP contribution >= 0.6 is 0 Å². The molecule has 1 fully saturated rings. The van der Waals surface area contributed by atoms with Crippen LogP contribution in [0.1, 0.15) is 74.2 Å². The molecule has 1 aromatic heterocycles. The van der Waals surface area contributed by atoms with Crippen molar-refractivity contribution in [1.82, 2.24) is 10.3 Å². The van der Waals surface area contributed by atoms with Gasteiger partial charge in [-0.05, 0) is 66.6 Å². The zero-order valence-corrected chi connectivity index (χ0v) is 24.1. The first-order valence-electron chi connectivity index (χ1n) is 13.9. The number of nitrogens with one attached hydrogen (secondary N) is 2. The lowest BCUT2D eigenvalue weighted by molar-refractivity contribution is -0.141. The lowest BCUT2D eigenvalue weighted by atomic mass is 9.90. The predicted octanol–water partition coefficient (Wildman–Crippen LogP) is 4.98. The number of pyridine rings is 1. The van der Waals surface area contributed by atoms with Gasteiger partial charge < -0.3 is 25.3 Å². The van der Waals surface area contributed by atoms with Crippen molar-refractivity contribution in [3.8, 4) is 16.9 Å². The van der Waals surface area contributed by atoms with Crippen molar-refractivity contribution in [2.75, 3.05) is 20.3 Å². The molecular weight excluding hydrogens is 550 g/mol. The van der Waals surface area contributed by atoms with Crippen LogP contribution in [0.5, 0.6) is 5.75 Å². The molecule has 0 bridgehead atoms. The zero-order chi connectivity index (χ0) is 31.1. The van der Waals surface area contributed by atoms with Crippen LogP contribution in [0.15, 0.2) is 55.1 Å². The topological polar surface area (TPSA) is 156 Å². The Labute approximate surface area is 249 Å². The molecule has 0 saturated heterocycles. The number of aromatic carboxylic acids is 1. The SMILES string of the molecule is C=Cc1cc(C(=O)Cc2ccc(C(=N)CC(=O)OCC)cc2)c(-c2ccc(C(=O)NCC3CC3)nc2C(=O)O)cc1OC. The second-order valence-corrected chi connectivity index (χ2v) is 10.2. The summed E-state index contributed by atoms with van der Waals surface area (Å²) in [5, 5.41) is 21.0. The minimum absolute atomic E-state index is 0.0289. The van der Waals surface area contributed by atoms with Gasteiger partial charge in [-0.1, -0.05) is 36.9 Å². The molecule has 1 aliphatic carbocycles. The number of aromatic nitrogens is 1. The number of methoxy groups -OCH3 is 1. The van der Waals surface area contributed by atoms with E-state index in [1.54, 1.807) is 43.3 Å². The van der Waals surface area contributed by atoms with E-state index in [9.17, 15) is 24.3 Å². The third-order valence-electron chi connectivity index (χ3n) is 7.05. The first-order chi connectivity index (χ1) is 20.6. The number of carboxylic acids is 1. The first-order valence-corrected chi connectivity index (χ1v) is 13.9. The Bertz CT molecular complexity index is 1590. The molecule has 10 heteroatoms. The highest BCUT2D eigenvalue weighted by Gasteiger charge is 2.25. The lowest BCUT2D eigenvalue weighted by Crippen LogP contribution is -2.27. The fraction of sp³-hybridized carbons (Fsp3) is 0.273. The highest BCUT2D eigenvalue weighted by molar-refractivity contribution is 6.08. The molecule has 1 amide bonds. The van der Waals surface area contributed by atoms with E-state index >= 15 is 0 Å². The molecule has 3 aromatic rings. The monoisotopic (exact) mass is 583 g/mol. The minimum Gasteiger partial charge on any atom is -0.496 e. The number of ketones is 1. The number of nitrogens with zero attached hydrogens (tertiary/aromatic N) is 1. The van der Waals surface area contributed by atoms with Crippen molar-refractivity contribution in [3.63, 3.8) is 0 Å². The number of benzene rings is 2. The van der Waals surface area contributed by atoms with E-state index in [0.717, 1.165) is 12.8 Å². The third kappa shape index (κ3) is 7.59. The molecule has 2 aromatic carbocycles. The number of carbonyl (C=O) groups excluding carboxylic acids is 3. The van der Waals surface area contributed by atoms with Crippen LogP contribution in [0.4, 0.5) is 0 Å². The number of esters is 1. The van der Waals surface area contributed by atoms with Crippen LogP contribution in [-0.2, 0) is 16.0 Å². The number of carboxylic acid groups (broad SMARTS) is 1. The molecule has 0 spiro atoms. The Morgan fingerprint density at radius 3 is 2.42 bits per heavy atom. The van der Waals surface area contributed by atoms with Crippen molar-refractivity contribution in [2.24, 2.45) is 5.92 Å². The van der Waals surface area contributed by atoms with E-state index in [4.69, 9.17) is 14.9 Å². The van der Waals surface area contributed by atoms with E-state index in [1.807, 2.05) is 0 Å². The van der Waals surface area contributed by atoms with Gasteiger partial charge in [0.2, 0.25) is 0 Å². The molecule has 1 saturated carbocycles. The van der Waals surface area contributed by atoms with Crippen LogP contribution in [-0.4, -0.2) is 59.7 Å². The van der Waals surface area contributed by atoms with E-state index in [0.29, 0.717) is 34.9 Å². The first kappa shape index (κ1) is 30.8. The largest absolute Gasteiger partial charge is 0.496 e. The molecule has 3 N–H and O–H groups in total. The standard InChI is InChI=1S/C33H33N3O7/c1-4-21-15-25(28(37)14-19-8-10-22(11-9-19)26(34)17-30(38)43-5-2)24(16-29(21)42-3)23-12-13-27(36-31(23)33(40)41)32(39)35-18-20-6-7-20/h4,8-13,15-16,20,34H,1,5-7,14,17-18H2,2-3H3,(H,35,39)(H,40,41). The molecule has 10 nitrogen and oxygen atoms in total. The third-order valence-corrected chi connectivity index (χ3v) is 7.05.